The average molecular weight is 412 g/mol. The maximum atomic E-state index is 12.6. The van der Waals surface area contributed by atoms with Gasteiger partial charge in [-0.1, -0.05) is 26.8 Å². The molecule has 4 bridgehead atoms. The Morgan fingerprint density at radius 1 is 0.967 bits per heavy atom. The zero-order chi connectivity index (χ0) is 21.5. The molecule has 5 rings (SSSR count). The highest BCUT2D eigenvalue weighted by atomic mass is 16.2. The van der Waals surface area contributed by atoms with Crippen molar-refractivity contribution in [2.45, 2.75) is 65.7 Å². The molecule has 6 nitrogen and oxygen atoms in total. The second-order valence-corrected chi connectivity index (χ2v) is 10.9. The van der Waals surface area contributed by atoms with Crippen LogP contribution in [0.1, 0.15) is 76.1 Å². The van der Waals surface area contributed by atoms with Gasteiger partial charge in [0, 0.05) is 23.1 Å². The molecule has 0 aromatic heterocycles. The molecular formula is C24H33N3O3. The molecule has 0 unspecified atom stereocenters. The quantitative estimate of drug-likeness (QED) is 0.654. The first-order chi connectivity index (χ1) is 14.1. The second kappa shape index (κ2) is 7.71. The van der Waals surface area contributed by atoms with Crippen LogP contribution < -0.4 is 16.2 Å². The molecule has 4 aliphatic rings. The van der Waals surface area contributed by atoms with Gasteiger partial charge in [-0.2, -0.15) is 0 Å². The van der Waals surface area contributed by atoms with Crippen LogP contribution in [-0.2, 0) is 9.59 Å². The minimum Gasteiger partial charge on any atom is -0.326 e. The van der Waals surface area contributed by atoms with Crippen molar-refractivity contribution in [3.8, 4) is 0 Å². The van der Waals surface area contributed by atoms with Gasteiger partial charge in [-0.05, 0) is 79.9 Å². The molecule has 0 atom stereocenters. The monoisotopic (exact) mass is 411 g/mol. The topological polar surface area (TPSA) is 87.3 Å². The van der Waals surface area contributed by atoms with E-state index in [1.165, 1.54) is 19.3 Å². The molecule has 0 spiro atoms. The van der Waals surface area contributed by atoms with Crippen molar-refractivity contribution in [3.63, 3.8) is 0 Å². The molecular weight excluding hydrogens is 378 g/mol. The number of hydrogen-bond acceptors (Lipinski definition) is 3. The first kappa shape index (κ1) is 20.9. The van der Waals surface area contributed by atoms with Crippen molar-refractivity contribution in [1.82, 2.24) is 10.9 Å². The van der Waals surface area contributed by atoms with E-state index in [9.17, 15) is 14.4 Å². The lowest BCUT2D eigenvalue weighted by molar-refractivity contribution is -0.130. The van der Waals surface area contributed by atoms with Crippen LogP contribution in [0.4, 0.5) is 5.69 Å². The minimum atomic E-state index is -0.524. The molecule has 0 heterocycles. The fourth-order valence-electron chi connectivity index (χ4n) is 6.15. The van der Waals surface area contributed by atoms with E-state index in [2.05, 4.69) is 16.2 Å². The molecule has 3 N–H and O–H groups in total. The Kier molecular flexibility index (Phi) is 5.37. The van der Waals surface area contributed by atoms with E-state index in [1.54, 1.807) is 24.3 Å². The van der Waals surface area contributed by atoms with E-state index in [1.807, 2.05) is 20.8 Å². The lowest BCUT2D eigenvalue weighted by Gasteiger charge is -2.56. The zero-order valence-corrected chi connectivity index (χ0v) is 18.2. The maximum Gasteiger partial charge on any atom is 0.269 e. The molecule has 3 amide bonds. The van der Waals surface area contributed by atoms with Crippen LogP contribution in [0.3, 0.4) is 0 Å². The lowest BCUT2D eigenvalue weighted by atomic mass is 9.49. The normalized spacial score (nSPS) is 29.4. The average Bonchev–Trinajstić information content (AvgIpc) is 2.64. The summed E-state index contributed by atoms with van der Waals surface area (Å²) in [6.07, 6.45) is 8.03. The third kappa shape index (κ3) is 4.52. The predicted molar refractivity (Wildman–Crippen MR) is 115 cm³/mol. The van der Waals surface area contributed by atoms with Gasteiger partial charge in [0.2, 0.25) is 11.8 Å². The number of nitrogens with one attached hydrogen (secondary N) is 3. The van der Waals surface area contributed by atoms with Gasteiger partial charge in [-0.15, -0.1) is 0 Å². The second-order valence-electron chi connectivity index (χ2n) is 10.9. The maximum absolute atomic E-state index is 12.6. The number of amides is 3. The Bertz CT molecular complexity index is 820. The summed E-state index contributed by atoms with van der Waals surface area (Å²) in [5, 5.41) is 2.82. The summed E-state index contributed by atoms with van der Waals surface area (Å²) in [6, 6.07) is 6.73. The Hall–Kier alpha value is -2.37. The van der Waals surface area contributed by atoms with Crippen molar-refractivity contribution in [1.29, 1.82) is 0 Å². The summed E-state index contributed by atoms with van der Waals surface area (Å²) in [6.45, 7) is 5.49. The van der Waals surface area contributed by atoms with Crippen molar-refractivity contribution in [3.05, 3.63) is 29.8 Å². The molecule has 0 saturated heterocycles. The van der Waals surface area contributed by atoms with Crippen molar-refractivity contribution >= 4 is 23.4 Å². The van der Waals surface area contributed by atoms with Gasteiger partial charge in [0.05, 0.1) is 0 Å². The predicted octanol–water partition coefficient (Wildman–Crippen LogP) is 4.04. The van der Waals surface area contributed by atoms with Gasteiger partial charge in [-0.3, -0.25) is 25.2 Å². The molecule has 1 aromatic rings. The lowest BCUT2D eigenvalue weighted by Crippen LogP contribution is -2.50. The summed E-state index contributed by atoms with van der Waals surface area (Å²) in [7, 11) is 0. The number of carbonyl (C=O) groups excluding carboxylic acids is 3. The van der Waals surface area contributed by atoms with E-state index in [-0.39, 0.29) is 23.1 Å². The Balaban J connectivity index is 1.31. The standard InChI is InChI=1S/C24H33N3O3/c1-23(2,3)22(30)25-19-6-4-5-18(10-19)21(29)27-26-20(28)14-24-11-15-7-16(12-24)9-17(8-15)13-24/h4-6,10,15-17H,7-9,11-14H2,1-3H3,(H,25,30)(H,26,28)(H,27,29). The number of hydrogen-bond donors (Lipinski definition) is 3. The molecule has 4 fully saturated rings. The smallest absolute Gasteiger partial charge is 0.269 e. The number of carbonyl (C=O) groups is 3. The third-order valence-electron chi connectivity index (χ3n) is 7.08. The molecule has 162 valence electrons. The van der Waals surface area contributed by atoms with E-state index < -0.39 is 5.41 Å². The molecule has 6 heteroatoms. The summed E-state index contributed by atoms with van der Waals surface area (Å²) in [5.41, 5.74) is 5.71. The van der Waals surface area contributed by atoms with Gasteiger partial charge in [0.15, 0.2) is 0 Å². The Labute approximate surface area is 178 Å². The Morgan fingerprint density at radius 2 is 1.57 bits per heavy atom. The van der Waals surface area contributed by atoms with E-state index >= 15 is 0 Å². The van der Waals surface area contributed by atoms with Gasteiger partial charge in [0.1, 0.15) is 0 Å². The van der Waals surface area contributed by atoms with E-state index in [4.69, 9.17) is 0 Å². The molecule has 30 heavy (non-hydrogen) atoms. The van der Waals surface area contributed by atoms with Crippen LogP contribution in [0.2, 0.25) is 0 Å². The first-order valence-electron chi connectivity index (χ1n) is 11.1. The van der Waals surface area contributed by atoms with Crippen LogP contribution in [0.25, 0.3) is 0 Å². The highest BCUT2D eigenvalue weighted by Crippen LogP contribution is 2.61. The van der Waals surface area contributed by atoms with Crippen molar-refractivity contribution in [2.75, 3.05) is 5.32 Å². The third-order valence-corrected chi connectivity index (χ3v) is 7.08. The highest BCUT2D eigenvalue weighted by Gasteiger charge is 2.51. The summed E-state index contributed by atoms with van der Waals surface area (Å²) in [4.78, 5) is 37.3. The van der Waals surface area contributed by atoms with Crippen LogP contribution >= 0.6 is 0 Å². The molecule has 0 radical (unpaired) electrons. The van der Waals surface area contributed by atoms with Crippen LogP contribution in [0.15, 0.2) is 24.3 Å². The fourth-order valence-corrected chi connectivity index (χ4v) is 6.15. The fraction of sp³-hybridized carbons (Fsp3) is 0.625. The van der Waals surface area contributed by atoms with E-state index in [0.717, 1.165) is 37.0 Å². The number of benzene rings is 1. The number of rotatable bonds is 4. The first-order valence-corrected chi connectivity index (χ1v) is 11.1. The van der Waals surface area contributed by atoms with Crippen LogP contribution in [0.5, 0.6) is 0 Å². The van der Waals surface area contributed by atoms with E-state index in [0.29, 0.717) is 17.7 Å². The molecule has 4 saturated carbocycles. The largest absolute Gasteiger partial charge is 0.326 e. The molecule has 0 aliphatic heterocycles. The van der Waals surface area contributed by atoms with Crippen LogP contribution in [-0.4, -0.2) is 17.7 Å². The van der Waals surface area contributed by atoms with Gasteiger partial charge >= 0.3 is 0 Å². The van der Waals surface area contributed by atoms with Gasteiger partial charge in [0.25, 0.3) is 5.91 Å². The zero-order valence-electron chi connectivity index (χ0n) is 18.2. The van der Waals surface area contributed by atoms with Crippen LogP contribution in [0, 0.1) is 28.6 Å². The molecule has 4 aliphatic carbocycles. The van der Waals surface area contributed by atoms with Gasteiger partial charge in [-0.25, -0.2) is 0 Å². The number of hydrazine groups is 1. The van der Waals surface area contributed by atoms with Gasteiger partial charge < -0.3 is 5.32 Å². The summed E-state index contributed by atoms with van der Waals surface area (Å²) >= 11 is 0. The highest BCUT2D eigenvalue weighted by molar-refractivity contribution is 5.99. The summed E-state index contributed by atoms with van der Waals surface area (Å²) in [5.74, 6) is 1.77. The SMILES string of the molecule is CC(C)(C)C(=O)Nc1cccc(C(=O)NNC(=O)CC23CC4CC(CC(C4)C2)C3)c1. The molecule has 1 aromatic carbocycles. The van der Waals surface area contributed by atoms with Crippen molar-refractivity contribution in [2.24, 2.45) is 28.6 Å². The minimum absolute atomic E-state index is 0.109. The Morgan fingerprint density at radius 3 is 2.13 bits per heavy atom. The number of anilines is 1. The summed E-state index contributed by atoms with van der Waals surface area (Å²) < 4.78 is 0. The van der Waals surface area contributed by atoms with Crippen molar-refractivity contribution < 1.29 is 14.4 Å².